The lowest BCUT2D eigenvalue weighted by molar-refractivity contribution is 0.0191. The lowest BCUT2D eigenvalue weighted by Gasteiger charge is -2.36. The van der Waals surface area contributed by atoms with E-state index in [0.717, 1.165) is 39.0 Å². The van der Waals surface area contributed by atoms with E-state index in [4.69, 9.17) is 10.5 Å². The molecular weight excluding hydrogens is 186 g/mol. The van der Waals surface area contributed by atoms with E-state index in [-0.39, 0.29) is 5.41 Å². The maximum atomic E-state index is 5.93. The molecule has 0 bridgehead atoms. The molecule has 2 rings (SSSR count). The maximum Gasteiger partial charge on any atom is 0.0471 e. The zero-order chi connectivity index (χ0) is 10.6. The number of hydrogen-bond donors (Lipinski definition) is 1. The Morgan fingerprint density at radius 1 is 1.13 bits per heavy atom. The summed E-state index contributed by atoms with van der Waals surface area (Å²) >= 11 is 0. The van der Waals surface area contributed by atoms with Crippen molar-refractivity contribution in [2.75, 3.05) is 19.8 Å². The van der Waals surface area contributed by atoms with E-state index in [1.165, 1.54) is 5.56 Å². The average Bonchev–Trinajstić information content (AvgIpc) is 2.32. The third-order valence-electron chi connectivity index (χ3n) is 3.41. The predicted octanol–water partition coefficient (Wildman–Crippen LogP) is 1.98. The van der Waals surface area contributed by atoms with Crippen molar-refractivity contribution in [1.82, 2.24) is 0 Å². The number of ether oxygens (including phenoxy) is 1. The van der Waals surface area contributed by atoms with Crippen LogP contribution in [0.2, 0.25) is 0 Å². The molecule has 2 heteroatoms. The Hall–Kier alpha value is -0.860. The number of hydrogen-bond acceptors (Lipinski definition) is 2. The SMILES string of the molecule is NCC1(Cc2ccccc2)CCOCC1. The Morgan fingerprint density at radius 3 is 2.40 bits per heavy atom. The molecule has 0 radical (unpaired) electrons. The van der Waals surface area contributed by atoms with Crippen molar-refractivity contribution in [2.24, 2.45) is 11.1 Å². The van der Waals surface area contributed by atoms with E-state index in [2.05, 4.69) is 30.3 Å². The third kappa shape index (κ3) is 2.58. The highest BCUT2D eigenvalue weighted by Gasteiger charge is 2.31. The first-order valence-electron chi connectivity index (χ1n) is 5.66. The molecule has 2 N–H and O–H groups in total. The molecule has 1 heterocycles. The molecule has 0 amide bonds. The molecule has 1 aromatic rings. The summed E-state index contributed by atoms with van der Waals surface area (Å²) in [5, 5.41) is 0. The van der Waals surface area contributed by atoms with Crippen LogP contribution in [0.5, 0.6) is 0 Å². The lowest BCUT2D eigenvalue weighted by Crippen LogP contribution is -2.38. The zero-order valence-electron chi connectivity index (χ0n) is 9.11. The van der Waals surface area contributed by atoms with Gasteiger partial charge in [0.05, 0.1) is 0 Å². The van der Waals surface area contributed by atoms with Crippen LogP contribution in [0.15, 0.2) is 30.3 Å². The monoisotopic (exact) mass is 205 g/mol. The minimum Gasteiger partial charge on any atom is -0.381 e. The normalized spacial score (nSPS) is 20.1. The highest BCUT2D eigenvalue weighted by atomic mass is 16.5. The van der Waals surface area contributed by atoms with Crippen LogP contribution in [0.25, 0.3) is 0 Å². The second kappa shape index (κ2) is 4.77. The highest BCUT2D eigenvalue weighted by molar-refractivity contribution is 5.17. The average molecular weight is 205 g/mol. The summed E-state index contributed by atoms with van der Waals surface area (Å²) in [5.41, 5.74) is 7.60. The third-order valence-corrected chi connectivity index (χ3v) is 3.41. The highest BCUT2D eigenvalue weighted by Crippen LogP contribution is 2.33. The topological polar surface area (TPSA) is 35.2 Å². The summed E-state index contributed by atoms with van der Waals surface area (Å²) in [5.74, 6) is 0. The van der Waals surface area contributed by atoms with Crippen molar-refractivity contribution in [3.63, 3.8) is 0 Å². The van der Waals surface area contributed by atoms with Gasteiger partial charge in [0.25, 0.3) is 0 Å². The molecular formula is C13H19NO. The summed E-state index contributed by atoms with van der Waals surface area (Å²) in [6, 6.07) is 10.6. The molecule has 1 aliphatic heterocycles. The summed E-state index contributed by atoms with van der Waals surface area (Å²) < 4.78 is 5.41. The zero-order valence-corrected chi connectivity index (χ0v) is 9.11. The van der Waals surface area contributed by atoms with Gasteiger partial charge in [-0.3, -0.25) is 0 Å². The molecule has 0 saturated carbocycles. The van der Waals surface area contributed by atoms with Crippen molar-refractivity contribution in [2.45, 2.75) is 19.3 Å². The van der Waals surface area contributed by atoms with Gasteiger partial charge in [-0.1, -0.05) is 30.3 Å². The van der Waals surface area contributed by atoms with Gasteiger partial charge < -0.3 is 10.5 Å². The molecule has 0 aromatic heterocycles. The van der Waals surface area contributed by atoms with Crippen molar-refractivity contribution in [3.05, 3.63) is 35.9 Å². The Labute approximate surface area is 91.4 Å². The van der Waals surface area contributed by atoms with Gasteiger partial charge >= 0.3 is 0 Å². The Morgan fingerprint density at radius 2 is 1.80 bits per heavy atom. The molecule has 0 atom stereocenters. The van der Waals surface area contributed by atoms with Gasteiger partial charge in [-0.15, -0.1) is 0 Å². The number of rotatable bonds is 3. The minimum atomic E-state index is 0.277. The van der Waals surface area contributed by atoms with Crippen LogP contribution in [-0.2, 0) is 11.2 Å². The smallest absolute Gasteiger partial charge is 0.0471 e. The van der Waals surface area contributed by atoms with E-state index in [1.807, 2.05) is 0 Å². The van der Waals surface area contributed by atoms with Crippen LogP contribution >= 0.6 is 0 Å². The van der Waals surface area contributed by atoms with Gasteiger partial charge in [-0.2, -0.15) is 0 Å². The van der Waals surface area contributed by atoms with Crippen molar-refractivity contribution < 1.29 is 4.74 Å². The first-order chi connectivity index (χ1) is 7.35. The van der Waals surface area contributed by atoms with Gasteiger partial charge in [0.1, 0.15) is 0 Å². The standard InChI is InChI=1S/C13H19NO/c14-11-13(6-8-15-9-7-13)10-12-4-2-1-3-5-12/h1-5H,6-11,14H2. The maximum absolute atomic E-state index is 5.93. The summed E-state index contributed by atoms with van der Waals surface area (Å²) in [4.78, 5) is 0. The largest absolute Gasteiger partial charge is 0.381 e. The molecule has 2 nitrogen and oxygen atoms in total. The Bertz CT molecular complexity index is 291. The van der Waals surface area contributed by atoms with E-state index in [1.54, 1.807) is 0 Å². The van der Waals surface area contributed by atoms with E-state index < -0.39 is 0 Å². The molecule has 1 fully saturated rings. The number of benzene rings is 1. The van der Waals surface area contributed by atoms with Crippen molar-refractivity contribution in [1.29, 1.82) is 0 Å². The summed E-state index contributed by atoms with van der Waals surface area (Å²) in [6.45, 7) is 2.50. The van der Waals surface area contributed by atoms with Gasteiger partial charge in [0.15, 0.2) is 0 Å². The molecule has 0 spiro atoms. The Kier molecular flexibility index (Phi) is 3.39. The molecule has 0 aliphatic carbocycles. The van der Waals surface area contributed by atoms with Gasteiger partial charge in [-0.05, 0) is 36.8 Å². The second-order valence-corrected chi connectivity index (χ2v) is 4.48. The van der Waals surface area contributed by atoms with Crippen molar-refractivity contribution in [3.8, 4) is 0 Å². The summed E-state index contributed by atoms with van der Waals surface area (Å²) in [6.07, 6.45) is 3.28. The molecule has 1 saturated heterocycles. The lowest BCUT2D eigenvalue weighted by atomic mass is 9.75. The molecule has 82 valence electrons. The van der Waals surface area contributed by atoms with Crippen molar-refractivity contribution >= 4 is 0 Å². The Balaban J connectivity index is 2.07. The molecule has 0 unspecified atom stereocenters. The van der Waals surface area contributed by atoms with E-state index in [0.29, 0.717) is 0 Å². The minimum absolute atomic E-state index is 0.277. The van der Waals surface area contributed by atoms with E-state index >= 15 is 0 Å². The van der Waals surface area contributed by atoms with E-state index in [9.17, 15) is 0 Å². The molecule has 1 aromatic carbocycles. The fraction of sp³-hybridized carbons (Fsp3) is 0.538. The van der Waals surface area contributed by atoms with Gasteiger partial charge in [0, 0.05) is 13.2 Å². The van der Waals surface area contributed by atoms with Crippen LogP contribution in [0.1, 0.15) is 18.4 Å². The first kappa shape index (κ1) is 10.7. The van der Waals surface area contributed by atoms with Crippen LogP contribution < -0.4 is 5.73 Å². The summed E-state index contributed by atoms with van der Waals surface area (Å²) in [7, 11) is 0. The number of nitrogens with two attached hydrogens (primary N) is 1. The fourth-order valence-corrected chi connectivity index (χ4v) is 2.29. The molecule has 15 heavy (non-hydrogen) atoms. The van der Waals surface area contributed by atoms with Crippen LogP contribution in [0.4, 0.5) is 0 Å². The molecule has 1 aliphatic rings. The van der Waals surface area contributed by atoms with Gasteiger partial charge in [0.2, 0.25) is 0 Å². The predicted molar refractivity (Wildman–Crippen MR) is 61.7 cm³/mol. The van der Waals surface area contributed by atoms with Crippen LogP contribution in [0.3, 0.4) is 0 Å². The van der Waals surface area contributed by atoms with Crippen LogP contribution in [0, 0.1) is 5.41 Å². The second-order valence-electron chi connectivity index (χ2n) is 4.48. The quantitative estimate of drug-likeness (QED) is 0.819. The van der Waals surface area contributed by atoms with Gasteiger partial charge in [-0.25, -0.2) is 0 Å². The fourth-order valence-electron chi connectivity index (χ4n) is 2.29. The first-order valence-corrected chi connectivity index (χ1v) is 5.66. The van der Waals surface area contributed by atoms with Crippen LogP contribution in [-0.4, -0.2) is 19.8 Å².